The lowest BCUT2D eigenvalue weighted by atomic mass is 9.76. The van der Waals surface area contributed by atoms with Crippen LogP contribution in [0.3, 0.4) is 0 Å². The summed E-state index contributed by atoms with van der Waals surface area (Å²) in [6.07, 6.45) is 3.83. The Hall–Kier alpha value is -1.02. The Morgan fingerprint density at radius 3 is 2.78 bits per heavy atom. The Kier molecular flexibility index (Phi) is 4.28. The van der Waals surface area contributed by atoms with Crippen LogP contribution in [0, 0.1) is 5.92 Å². The summed E-state index contributed by atoms with van der Waals surface area (Å²) in [6.45, 7) is 6.44. The predicted molar refractivity (Wildman–Crippen MR) is 75.9 cm³/mol. The van der Waals surface area contributed by atoms with Gasteiger partial charge in [-0.15, -0.1) is 0 Å². The van der Waals surface area contributed by atoms with E-state index in [0.29, 0.717) is 12.0 Å². The van der Waals surface area contributed by atoms with Crippen molar-refractivity contribution in [3.05, 3.63) is 29.8 Å². The average molecular weight is 247 g/mol. The zero-order valence-corrected chi connectivity index (χ0v) is 11.7. The molecule has 1 fully saturated rings. The highest BCUT2D eigenvalue weighted by atomic mass is 16.5. The van der Waals surface area contributed by atoms with E-state index in [0.717, 1.165) is 18.1 Å². The van der Waals surface area contributed by atoms with Crippen molar-refractivity contribution in [2.45, 2.75) is 58.1 Å². The second-order valence-electron chi connectivity index (χ2n) is 5.93. The van der Waals surface area contributed by atoms with E-state index in [1.54, 1.807) is 0 Å². The van der Waals surface area contributed by atoms with Crippen molar-refractivity contribution in [3.63, 3.8) is 0 Å². The average Bonchev–Trinajstić information content (AvgIpc) is 2.32. The van der Waals surface area contributed by atoms with Crippen molar-refractivity contribution < 1.29 is 4.74 Å². The fourth-order valence-corrected chi connectivity index (χ4v) is 2.88. The first-order valence-electron chi connectivity index (χ1n) is 7.08. The molecule has 1 saturated carbocycles. The molecule has 0 radical (unpaired) electrons. The number of ether oxygens (including phenoxy) is 1. The van der Waals surface area contributed by atoms with Gasteiger partial charge in [-0.25, -0.2) is 0 Å². The molecule has 1 aromatic rings. The minimum Gasteiger partial charge on any atom is -0.491 e. The fourth-order valence-electron chi connectivity index (χ4n) is 2.88. The zero-order valence-electron chi connectivity index (χ0n) is 11.7. The van der Waals surface area contributed by atoms with E-state index in [2.05, 4.69) is 39.0 Å². The van der Waals surface area contributed by atoms with Crippen LogP contribution in [0.4, 0.5) is 0 Å². The maximum absolute atomic E-state index is 6.28. The summed E-state index contributed by atoms with van der Waals surface area (Å²) >= 11 is 0. The van der Waals surface area contributed by atoms with Crippen molar-refractivity contribution in [1.29, 1.82) is 0 Å². The molecule has 2 heteroatoms. The molecule has 2 nitrogen and oxygen atoms in total. The highest BCUT2D eigenvalue weighted by molar-refractivity contribution is 5.32. The molecule has 3 unspecified atom stereocenters. The summed E-state index contributed by atoms with van der Waals surface area (Å²) in [7, 11) is 0. The summed E-state index contributed by atoms with van der Waals surface area (Å²) in [5.74, 6) is 2.24. The van der Waals surface area contributed by atoms with E-state index in [1.165, 1.54) is 18.4 Å². The van der Waals surface area contributed by atoms with Gasteiger partial charge in [-0.3, -0.25) is 0 Å². The van der Waals surface area contributed by atoms with Crippen LogP contribution >= 0.6 is 0 Å². The smallest absolute Gasteiger partial charge is 0.119 e. The molecule has 18 heavy (non-hydrogen) atoms. The molecule has 1 aliphatic carbocycles. The van der Waals surface area contributed by atoms with Gasteiger partial charge in [0.15, 0.2) is 0 Å². The molecule has 2 N–H and O–H groups in total. The van der Waals surface area contributed by atoms with Crippen molar-refractivity contribution in [3.8, 4) is 5.75 Å². The summed E-state index contributed by atoms with van der Waals surface area (Å²) in [5, 5.41) is 0. The second-order valence-corrected chi connectivity index (χ2v) is 5.93. The van der Waals surface area contributed by atoms with Gasteiger partial charge in [-0.2, -0.15) is 0 Å². The lowest BCUT2D eigenvalue weighted by Crippen LogP contribution is -2.33. The monoisotopic (exact) mass is 247 g/mol. The predicted octanol–water partition coefficient (Wildman–Crippen LogP) is 3.70. The van der Waals surface area contributed by atoms with Crippen molar-refractivity contribution in [1.82, 2.24) is 0 Å². The van der Waals surface area contributed by atoms with Crippen molar-refractivity contribution in [2.24, 2.45) is 11.7 Å². The maximum atomic E-state index is 6.28. The van der Waals surface area contributed by atoms with Gasteiger partial charge in [0.25, 0.3) is 0 Å². The summed E-state index contributed by atoms with van der Waals surface area (Å²) in [4.78, 5) is 0. The van der Waals surface area contributed by atoms with Crippen LogP contribution in [0.15, 0.2) is 24.3 Å². The van der Waals surface area contributed by atoms with Gasteiger partial charge in [0.05, 0.1) is 6.10 Å². The Bertz CT molecular complexity index is 388. The normalized spacial score (nSPS) is 28.4. The molecule has 1 aliphatic rings. The SMILES string of the molecule is CC1CCC(N)C(c2cccc(OC(C)C)c2)C1. The number of nitrogens with two attached hydrogens (primary N) is 1. The molecule has 100 valence electrons. The maximum Gasteiger partial charge on any atom is 0.119 e. The molecular formula is C16H25NO. The van der Waals surface area contributed by atoms with E-state index in [1.807, 2.05) is 6.07 Å². The molecule has 0 aliphatic heterocycles. The fraction of sp³-hybridized carbons (Fsp3) is 0.625. The van der Waals surface area contributed by atoms with Gasteiger partial charge in [0.2, 0.25) is 0 Å². The second kappa shape index (κ2) is 5.75. The lowest BCUT2D eigenvalue weighted by molar-refractivity contribution is 0.241. The number of benzene rings is 1. The third kappa shape index (κ3) is 3.26. The van der Waals surface area contributed by atoms with Crippen LogP contribution in [0.1, 0.15) is 51.5 Å². The molecule has 0 spiro atoms. The molecule has 2 rings (SSSR count). The van der Waals surface area contributed by atoms with E-state index in [-0.39, 0.29) is 6.10 Å². The van der Waals surface area contributed by atoms with E-state index in [9.17, 15) is 0 Å². The van der Waals surface area contributed by atoms with Crippen molar-refractivity contribution >= 4 is 0 Å². The number of hydrogen-bond acceptors (Lipinski definition) is 2. The van der Waals surface area contributed by atoms with Crippen LogP contribution in [0.25, 0.3) is 0 Å². The lowest BCUT2D eigenvalue weighted by Gasteiger charge is -2.33. The summed E-state index contributed by atoms with van der Waals surface area (Å²) in [5.41, 5.74) is 7.62. The van der Waals surface area contributed by atoms with E-state index < -0.39 is 0 Å². The van der Waals surface area contributed by atoms with Gasteiger partial charge in [0.1, 0.15) is 5.75 Å². The van der Waals surface area contributed by atoms with E-state index >= 15 is 0 Å². The Labute approximate surface area is 111 Å². The minimum atomic E-state index is 0.221. The quantitative estimate of drug-likeness (QED) is 0.883. The van der Waals surface area contributed by atoms with Gasteiger partial charge >= 0.3 is 0 Å². The molecule has 3 atom stereocenters. The summed E-state index contributed by atoms with van der Waals surface area (Å²) in [6, 6.07) is 8.77. The Morgan fingerprint density at radius 1 is 1.28 bits per heavy atom. The summed E-state index contributed by atoms with van der Waals surface area (Å²) < 4.78 is 5.77. The molecule has 0 aromatic heterocycles. The molecule has 0 bridgehead atoms. The molecule has 0 amide bonds. The van der Waals surface area contributed by atoms with Gasteiger partial charge in [0, 0.05) is 6.04 Å². The van der Waals surface area contributed by atoms with Crippen LogP contribution in [-0.4, -0.2) is 12.1 Å². The Balaban J connectivity index is 2.16. The van der Waals surface area contributed by atoms with Gasteiger partial charge < -0.3 is 10.5 Å². The van der Waals surface area contributed by atoms with Gasteiger partial charge in [-0.1, -0.05) is 19.1 Å². The first-order valence-corrected chi connectivity index (χ1v) is 7.08. The molecule has 1 aromatic carbocycles. The highest BCUT2D eigenvalue weighted by Gasteiger charge is 2.27. The third-order valence-electron chi connectivity index (χ3n) is 3.82. The molecular weight excluding hydrogens is 222 g/mol. The van der Waals surface area contributed by atoms with Crippen LogP contribution < -0.4 is 10.5 Å². The highest BCUT2D eigenvalue weighted by Crippen LogP contribution is 2.36. The van der Waals surface area contributed by atoms with Crippen LogP contribution in [0.5, 0.6) is 5.75 Å². The third-order valence-corrected chi connectivity index (χ3v) is 3.82. The number of hydrogen-bond donors (Lipinski definition) is 1. The standard InChI is InChI=1S/C16H25NO/c1-11(2)18-14-6-4-5-13(10-14)15-9-12(3)7-8-16(15)17/h4-6,10-12,15-16H,7-9,17H2,1-3H3. The topological polar surface area (TPSA) is 35.2 Å². The van der Waals surface area contributed by atoms with Crippen LogP contribution in [-0.2, 0) is 0 Å². The van der Waals surface area contributed by atoms with Crippen LogP contribution in [0.2, 0.25) is 0 Å². The minimum absolute atomic E-state index is 0.221. The first-order chi connectivity index (χ1) is 8.56. The molecule has 0 saturated heterocycles. The Morgan fingerprint density at radius 2 is 2.06 bits per heavy atom. The first kappa shape index (κ1) is 13.4. The number of rotatable bonds is 3. The zero-order chi connectivity index (χ0) is 13.1. The van der Waals surface area contributed by atoms with Gasteiger partial charge in [-0.05, 0) is 62.6 Å². The molecule has 0 heterocycles. The van der Waals surface area contributed by atoms with E-state index in [4.69, 9.17) is 10.5 Å². The largest absolute Gasteiger partial charge is 0.491 e. The van der Waals surface area contributed by atoms with Crippen molar-refractivity contribution in [2.75, 3.05) is 0 Å².